The zero-order valence-corrected chi connectivity index (χ0v) is 12.2. The third-order valence-corrected chi connectivity index (χ3v) is 3.94. The predicted octanol–water partition coefficient (Wildman–Crippen LogP) is 1.27. The molecule has 1 atom stereocenters. The maximum atomic E-state index is 12.6. The van der Waals surface area contributed by atoms with Gasteiger partial charge in [0.15, 0.2) is 0 Å². The van der Waals surface area contributed by atoms with E-state index in [1.54, 1.807) is 13.3 Å². The summed E-state index contributed by atoms with van der Waals surface area (Å²) in [7, 11) is 1.65. The van der Waals surface area contributed by atoms with Crippen molar-refractivity contribution in [2.75, 3.05) is 26.8 Å². The second kappa shape index (κ2) is 6.81. The molecule has 2 rings (SSSR count). The Balaban J connectivity index is 2.05. The van der Waals surface area contributed by atoms with Gasteiger partial charge in [0.05, 0.1) is 23.8 Å². The summed E-state index contributed by atoms with van der Waals surface area (Å²) in [6.45, 7) is 4.14. The molecule has 1 fully saturated rings. The molecule has 20 heavy (non-hydrogen) atoms. The van der Waals surface area contributed by atoms with Crippen LogP contribution in [0.5, 0.6) is 0 Å². The number of methoxy groups -OCH3 is 1. The van der Waals surface area contributed by atoms with E-state index in [0.717, 1.165) is 31.6 Å². The highest BCUT2D eigenvalue weighted by atomic mass is 16.5. The molecule has 110 valence electrons. The molecule has 0 radical (unpaired) electrons. The standard InChI is InChI=1S/C15H23N3O2/c1-12(13-5-3-4-8-17-13)18-14(19)15(11-20-2)6-9-16-10-7-15/h3-5,8,12,16H,6-7,9-11H2,1-2H3,(H,18,19)/t12-/m0/s1. The Hall–Kier alpha value is -1.46. The average Bonchev–Trinajstić information content (AvgIpc) is 2.49. The molecule has 2 heterocycles. The Bertz CT molecular complexity index is 424. The molecule has 1 aromatic rings. The van der Waals surface area contributed by atoms with Gasteiger partial charge in [-0.1, -0.05) is 6.07 Å². The van der Waals surface area contributed by atoms with Crippen molar-refractivity contribution in [3.8, 4) is 0 Å². The van der Waals surface area contributed by atoms with Crippen LogP contribution in [0.3, 0.4) is 0 Å². The highest BCUT2D eigenvalue weighted by Crippen LogP contribution is 2.30. The highest BCUT2D eigenvalue weighted by molar-refractivity contribution is 5.83. The Labute approximate surface area is 120 Å². The fraction of sp³-hybridized carbons (Fsp3) is 0.600. The molecular weight excluding hydrogens is 254 g/mol. The lowest BCUT2D eigenvalue weighted by molar-refractivity contribution is -0.136. The van der Waals surface area contributed by atoms with Crippen LogP contribution < -0.4 is 10.6 Å². The molecule has 5 nitrogen and oxygen atoms in total. The number of aromatic nitrogens is 1. The zero-order chi connectivity index (χ0) is 14.4. The van der Waals surface area contributed by atoms with Gasteiger partial charge in [0, 0.05) is 13.3 Å². The first-order valence-corrected chi connectivity index (χ1v) is 7.09. The van der Waals surface area contributed by atoms with Crippen LogP contribution in [0.2, 0.25) is 0 Å². The van der Waals surface area contributed by atoms with Crippen LogP contribution in [0.25, 0.3) is 0 Å². The average molecular weight is 277 g/mol. The van der Waals surface area contributed by atoms with Gasteiger partial charge in [0.25, 0.3) is 0 Å². The molecule has 1 aliphatic heterocycles. The number of rotatable bonds is 5. The molecule has 0 aliphatic carbocycles. The van der Waals surface area contributed by atoms with Crippen molar-refractivity contribution in [1.82, 2.24) is 15.6 Å². The normalized spacial score (nSPS) is 19.3. The van der Waals surface area contributed by atoms with Gasteiger partial charge in [-0.2, -0.15) is 0 Å². The molecule has 1 aliphatic rings. The number of carbonyl (C=O) groups is 1. The fourth-order valence-electron chi connectivity index (χ4n) is 2.67. The molecule has 0 unspecified atom stereocenters. The number of ether oxygens (including phenoxy) is 1. The summed E-state index contributed by atoms with van der Waals surface area (Å²) in [6.07, 6.45) is 3.36. The first kappa shape index (κ1) is 14.9. The molecule has 2 N–H and O–H groups in total. The number of carbonyl (C=O) groups excluding carboxylic acids is 1. The number of amides is 1. The quantitative estimate of drug-likeness (QED) is 0.851. The largest absolute Gasteiger partial charge is 0.384 e. The first-order chi connectivity index (χ1) is 9.68. The summed E-state index contributed by atoms with van der Waals surface area (Å²) < 4.78 is 5.29. The van der Waals surface area contributed by atoms with Gasteiger partial charge in [-0.3, -0.25) is 9.78 Å². The van der Waals surface area contributed by atoms with E-state index in [0.29, 0.717) is 6.61 Å². The van der Waals surface area contributed by atoms with Crippen molar-refractivity contribution in [2.24, 2.45) is 5.41 Å². The summed E-state index contributed by atoms with van der Waals surface area (Å²) in [5.41, 5.74) is 0.464. The van der Waals surface area contributed by atoms with E-state index in [4.69, 9.17) is 4.74 Å². The van der Waals surface area contributed by atoms with Crippen LogP contribution in [-0.2, 0) is 9.53 Å². The van der Waals surface area contributed by atoms with Crippen molar-refractivity contribution in [3.63, 3.8) is 0 Å². The smallest absolute Gasteiger partial charge is 0.229 e. The van der Waals surface area contributed by atoms with Gasteiger partial charge in [-0.15, -0.1) is 0 Å². The molecule has 1 amide bonds. The molecule has 1 saturated heterocycles. The van der Waals surface area contributed by atoms with Gasteiger partial charge in [-0.25, -0.2) is 0 Å². The third-order valence-electron chi connectivity index (χ3n) is 3.94. The summed E-state index contributed by atoms with van der Waals surface area (Å²) >= 11 is 0. The van der Waals surface area contributed by atoms with Gasteiger partial charge >= 0.3 is 0 Å². The minimum atomic E-state index is -0.414. The molecular formula is C15H23N3O2. The summed E-state index contributed by atoms with van der Waals surface area (Å²) in [5, 5.41) is 6.37. The van der Waals surface area contributed by atoms with Crippen molar-refractivity contribution < 1.29 is 9.53 Å². The lowest BCUT2D eigenvalue weighted by atomic mass is 9.78. The summed E-state index contributed by atoms with van der Waals surface area (Å²) in [5.74, 6) is 0.0685. The SMILES string of the molecule is COCC1(C(=O)N[C@@H](C)c2ccccn2)CCNCC1. The van der Waals surface area contributed by atoms with Crippen molar-refractivity contribution >= 4 is 5.91 Å². The number of nitrogens with one attached hydrogen (secondary N) is 2. The summed E-state index contributed by atoms with van der Waals surface area (Å²) in [6, 6.07) is 5.64. The van der Waals surface area contributed by atoms with Crippen molar-refractivity contribution in [3.05, 3.63) is 30.1 Å². The zero-order valence-electron chi connectivity index (χ0n) is 12.2. The van der Waals surface area contributed by atoms with Gasteiger partial charge in [0.1, 0.15) is 0 Å². The lowest BCUT2D eigenvalue weighted by Gasteiger charge is -2.36. The molecule has 1 aromatic heterocycles. The Kier molecular flexibility index (Phi) is 5.09. The minimum absolute atomic E-state index is 0.0685. The van der Waals surface area contributed by atoms with E-state index in [1.165, 1.54) is 0 Å². The molecule has 0 spiro atoms. The van der Waals surface area contributed by atoms with Crippen LogP contribution in [0, 0.1) is 5.41 Å². The van der Waals surface area contributed by atoms with Crippen molar-refractivity contribution in [1.29, 1.82) is 0 Å². The predicted molar refractivity (Wildman–Crippen MR) is 77.2 cm³/mol. The van der Waals surface area contributed by atoms with Gasteiger partial charge < -0.3 is 15.4 Å². The topological polar surface area (TPSA) is 63.2 Å². The van der Waals surface area contributed by atoms with E-state index in [-0.39, 0.29) is 11.9 Å². The molecule has 0 saturated carbocycles. The highest BCUT2D eigenvalue weighted by Gasteiger charge is 2.40. The Morgan fingerprint density at radius 3 is 2.85 bits per heavy atom. The molecule has 0 aromatic carbocycles. The van der Waals surface area contributed by atoms with E-state index in [9.17, 15) is 4.79 Å². The number of hydrogen-bond donors (Lipinski definition) is 2. The number of piperidine rings is 1. The van der Waals surface area contributed by atoms with E-state index >= 15 is 0 Å². The third kappa shape index (κ3) is 3.35. The van der Waals surface area contributed by atoms with Crippen LogP contribution in [-0.4, -0.2) is 37.7 Å². The van der Waals surface area contributed by atoms with Gasteiger partial charge in [-0.05, 0) is 45.0 Å². The number of nitrogens with zero attached hydrogens (tertiary/aromatic N) is 1. The second-order valence-electron chi connectivity index (χ2n) is 5.41. The Morgan fingerprint density at radius 2 is 2.25 bits per heavy atom. The molecule has 0 bridgehead atoms. The Morgan fingerprint density at radius 1 is 1.50 bits per heavy atom. The lowest BCUT2D eigenvalue weighted by Crippen LogP contribution is -2.50. The van der Waals surface area contributed by atoms with Crippen molar-refractivity contribution in [2.45, 2.75) is 25.8 Å². The van der Waals surface area contributed by atoms with E-state index in [1.807, 2.05) is 25.1 Å². The van der Waals surface area contributed by atoms with E-state index < -0.39 is 5.41 Å². The second-order valence-corrected chi connectivity index (χ2v) is 5.41. The van der Waals surface area contributed by atoms with Crippen LogP contribution >= 0.6 is 0 Å². The monoisotopic (exact) mass is 277 g/mol. The van der Waals surface area contributed by atoms with E-state index in [2.05, 4.69) is 15.6 Å². The number of pyridine rings is 1. The number of hydrogen-bond acceptors (Lipinski definition) is 4. The maximum absolute atomic E-state index is 12.6. The van der Waals surface area contributed by atoms with Crippen LogP contribution in [0.1, 0.15) is 31.5 Å². The fourth-order valence-corrected chi connectivity index (χ4v) is 2.67. The van der Waals surface area contributed by atoms with Crippen LogP contribution in [0.15, 0.2) is 24.4 Å². The first-order valence-electron chi connectivity index (χ1n) is 7.09. The minimum Gasteiger partial charge on any atom is -0.384 e. The molecule has 5 heteroatoms. The van der Waals surface area contributed by atoms with Gasteiger partial charge in [0.2, 0.25) is 5.91 Å². The van der Waals surface area contributed by atoms with Crippen LogP contribution in [0.4, 0.5) is 0 Å². The summed E-state index contributed by atoms with van der Waals surface area (Å²) in [4.78, 5) is 16.9. The maximum Gasteiger partial charge on any atom is 0.229 e.